The third-order valence-corrected chi connectivity index (χ3v) is 4.38. The van der Waals surface area contributed by atoms with Crippen molar-refractivity contribution >= 4 is 40.1 Å². The van der Waals surface area contributed by atoms with E-state index < -0.39 is 11.7 Å². The van der Waals surface area contributed by atoms with E-state index >= 15 is 0 Å². The molecule has 0 unspecified atom stereocenters. The summed E-state index contributed by atoms with van der Waals surface area (Å²) in [5, 5.41) is 3.86. The van der Waals surface area contributed by atoms with Crippen LogP contribution in [0.25, 0.3) is 11.3 Å². The molecule has 140 valence electrons. The van der Waals surface area contributed by atoms with Gasteiger partial charge in [-0.15, -0.1) is 11.3 Å². The molecule has 0 spiro atoms. The van der Waals surface area contributed by atoms with Crippen LogP contribution >= 0.6 is 22.9 Å². The summed E-state index contributed by atoms with van der Waals surface area (Å²) >= 11 is 7.29. The van der Waals surface area contributed by atoms with Crippen LogP contribution in [0.4, 0.5) is 9.93 Å². The summed E-state index contributed by atoms with van der Waals surface area (Å²) in [6, 6.07) is 7.35. The highest BCUT2D eigenvalue weighted by atomic mass is 35.5. The van der Waals surface area contributed by atoms with E-state index in [9.17, 15) is 9.59 Å². The first-order chi connectivity index (χ1) is 12.0. The molecule has 8 heteroatoms. The van der Waals surface area contributed by atoms with Crippen molar-refractivity contribution in [1.82, 2.24) is 9.88 Å². The number of hydrogen-bond donors (Lipinski definition) is 1. The molecule has 0 saturated carbocycles. The first kappa shape index (κ1) is 20.2. The van der Waals surface area contributed by atoms with Crippen LogP contribution in [0.5, 0.6) is 0 Å². The van der Waals surface area contributed by atoms with Crippen LogP contribution in [0.1, 0.15) is 25.6 Å². The number of amides is 2. The van der Waals surface area contributed by atoms with Gasteiger partial charge in [-0.3, -0.25) is 4.79 Å². The molecule has 1 N–H and O–H groups in total. The molecular formula is C18H22ClN3O3S. The number of anilines is 1. The zero-order valence-corrected chi connectivity index (χ0v) is 17.0. The number of carbonyl (C=O) groups excluding carboxylic acids is 2. The minimum absolute atomic E-state index is 0.121. The van der Waals surface area contributed by atoms with E-state index in [1.807, 2.05) is 19.1 Å². The van der Waals surface area contributed by atoms with Gasteiger partial charge in [-0.1, -0.05) is 23.7 Å². The fourth-order valence-electron chi connectivity index (χ4n) is 2.10. The van der Waals surface area contributed by atoms with Gasteiger partial charge in [0, 0.05) is 22.5 Å². The molecule has 0 saturated heterocycles. The van der Waals surface area contributed by atoms with Crippen molar-refractivity contribution in [3.05, 3.63) is 34.2 Å². The number of aryl methyl sites for hydroxylation is 1. The maximum absolute atomic E-state index is 12.2. The van der Waals surface area contributed by atoms with Crippen LogP contribution in [-0.4, -0.2) is 41.1 Å². The van der Waals surface area contributed by atoms with Crippen molar-refractivity contribution in [3.8, 4) is 11.3 Å². The highest BCUT2D eigenvalue weighted by Crippen LogP contribution is 2.31. The lowest BCUT2D eigenvalue weighted by atomic mass is 10.1. The first-order valence-corrected chi connectivity index (χ1v) is 9.22. The highest BCUT2D eigenvalue weighted by Gasteiger charge is 2.21. The standard InChI is InChI=1S/C18H22ClN3O3S/c1-11-15(12-6-8-13(19)9-7-12)21-16(26-11)20-14(23)10-22(5)17(24)25-18(2,3)4/h6-9H,10H2,1-5H3,(H,20,21,23). The molecule has 0 aliphatic rings. The van der Waals surface area contributed by atoms with Gasteiger partial charge in [0.1, 0.15) is 12.1 Å². The molecule has 0 radical (unpaired) electrons. The van der Waals surface area contributed by atoms with Crippen LogP contribution in [0.2, 0.25) is 5.02 Å². The number of halogens is 1. The number of rotatable bonds is 4. The summed E-state index contributed by atoms with van der Waals surface area (Å²) in [5.41, 5.74) is 1.11. The first-order valence-electron chi connectivity index (χ1n) is 8.02. The average molecular weight is 396 g/mol. The lowest BCUT2D eigenvalue weighted by Crippen LogP contribution is -2.38. The van der Waals surface area contributed by atoms with Crippen molar-refractivity contribution in [2.24, 2.45) is 0 Å². The molecule has 2 amide bonds. The molecule has 0 bridgehead atoms. The molecule has 1 aromatic carbocycles. The predicted molar refractivity (Wildman–Crippen MR) is 105 cm³/mol. The Labute approximate surface area is 162 Å². The number of likely N-dealkylation sites (N-methyl/N-ethyl adjacent to an activating group) is 1. The van der Waals surface area contributed by atoms with E-state index in [1.165, 1.54) is 23.3 Å². The Morgan fingerprint density at radius 3 is 2.46 bits per heavy atom. The number of thiazole rings is 1. The minimum Gasteiger partial charge on any atom is -0.444 e. The molecule has 26 heavy (non-hydrogen) atoms. The lowest BCUT2D eigenvalue weighted by molar-refractivity contribution is -0.117. The second kappa shape index (κ2) is 8.05. The molecule has 2 rings (SSSR count). The van der Waals surface area contributed by atoms with Gasteiger partial charge in [0.05, 0.1) is 5.69 Å². The van der Waals surface area contributed by atoms with Crippen molar-refractivity contribution in [1.29, 1.82) is 0 Å². The van der Waals surface area contributed by atoms with E-state index in [4.69, 9.17) is 16.3 Å². The van der Waals surface area contributed by atoms with Crippen molar-refractivity contribution in [2.45, 2.75) is 33.3 Å². The average Bonchev–Trinajstić information content (AvgIpc) is 2.86. The van der Waals surface area contributed by atoms with Gasteiger partial charge in [-0.05, 0) is 39.8 Å². The number of aromatic nitrogens is 1. The van der Waals surface area contributed by atoms with Gasteiger partial charge in [0.25, 0.3) is 0 Å². The molecule has 1 aromatic heterocycles. The Kier molecular flexibility index (Phi) is 6.26. The number of hydrogen-bond acceptors (Lipinski definition) is 5. The Morgan fingerprint density at radius 2 is 1.88 bits per heavy atom. The fourth-order valence-corrected chi connectivity index (χ4v) is 3.08. The van der Waals surface area contributed by atoms with Crippen LogP contribution in [0.15, 0.2) is 24.3 Å². The normalized spacial score (nSPS) is 11.2. The van der Waals surface area contributed by atoms with Gasteiger partial charge in [0.2, 0.25) is 5.91 Å². The summed E-state index contributed by atoms with van der Waals surface area (Å²) in [4.78, 5) is 30.8. The van der Waals surface area contributed by atoms with Gasteiger partial charge in [-0.25, -0.2) is 9.78 Å². The predicted octanol–water partition coefficient (Wildman–Crippen LogP) is 4.58. The Bertz CT molecular complexity index is 797. The summed E-state index contributed by atoms with van der Waals surface area (Å²) in [6.45, 7) is 7.13. The molecule has 0 atom stereocenters. The van der Waals surface area contributed by atoms with E-state index in [0.717, 1.165) is 16.1 Å². The monoisotopic (exact) mass is 395 g/mol. The van der Waals surface area contributed by atoms with E-state index in [-0.39, 0.29) is 12.5 Å². The molecule has 0 aliphatic carbocycles. The van der Waals surface area contributed by atoms with Crippen LogP contribution in [0.3, 0.4) is 0 Å². The summed E-state index contributed by atoms with van der Waals surface area (Å²) < 4.78 is 5.22. The Balaban J connectivity index is 2.00. The SMILES string of the molecule is Cc1sc(NC(=O)CN(C)C(=O)OC(C)(C)C)nc1-c1ccc(Cl)cc1. The summed E-state index contributed by atoms with van der Waals surface area (Å²) in [6.07, 6.45) is -0.551. The zero-order chi connectivity index (χ0) is 19.5. The minimum atomic E-state index is -0.609. The van der Waals surface area contributed by atoms with E-state index in [0.29, 0.717) is 10.2 Å². The van der Waals surface area contributed by atoms with Gasteiger partial charge in [0.15, 0.2) is 5.13 Å². The largest absolute Gasteiger partial charge is 0.444 e. The van der Waals surface area contributed by atoms with Gasteiger partial charge >= 0.3 is 6.09 Å². The maximum Gasteiger partial charge on any atom is 0.410 e. The molecule has 2 aromatic rings. The number of ether oxygens (including phenoxy) is 1. The summed E-state index contributed by atoms with van der Waals surface area (Å²) in [7, 11) is 1.51. The number of nitrogens with zero attached hydrogens (tertiary/aromatic N) is 2. The lowest BCUT2D eigenvalue weighted by Gasteiger charge is -2.24. The fraction of sp³-hybridized carbons (Fsp3) is 0.389. The number of benzene rings is 1. The molecule has 6 nitrogen and oxygen atoms in total. The second-order valence-electron chi connectivity index (χ2n) is 6.82. The molecule has 0 fully saturated rings. The van der Waals surface area contributed by atoms with Crippen LogP contribution in [0, 0.1) is 6.92 Å². The molecule has 0 aliphatic heterocycles. The quantitative estimate of drug-likeness (QED) is 0.822. The number of carbonyl (C=O) groups is 2. The summed E-state index contributed by atoms with van der Waals surface area (Å²) in [5.74, 6) is -0.338. The second-order valence-corrected chi connectivity index (χ2v) is 8.45. The third kappa shape index (κ3) is 5.71. The smallest absolute Gasteiger partial charge is 0.410 e. The van der Waals surface area contributed by atoms with Crippen molar-refractivity contribution in [2.75, 3.05) is 18.9 Å². The Hall–Kier alpha value is -2.12. The van der Waals surface area contributed by atoms with E-state index in [1.54, 1.807) is 32.9 Å². The highest BCUT2D eigenvalue weighted by molar-refractivity contribution is 7.16. The van der Waals surface area contributed by atoms with Crippen LogP contribution < -0.4 is 5.32 Å². The topological polar surface area (TPSA) is 71.5 Å². The third-order valence-electron chi connectivity index (χ3n) is 3.25. The van der Waals surface area contributed by atoms with Crippen molar-refractivity contribution < 1.29 is 14.3 Å². The van der Waals surface area contributed by atoms with Crippen molar-refractivity contribution in [3.63, 3.8) is 0 Å². The number of nitrogens with one attached hydrogen (secondary N) is 1. The van der Waals surface area contributed by atoms with E-state index in [2.05, 4.69) is 10.3 Å². The Morgan fingerprint density at radius 1 is 1.27 bits per heavy atom. The molecule has 1 heterocycles. The van der Waals surface area contributed by atoms with Gasteiger partial charge < -0.3 is 15.0 Å². The van der Waals surface area contributed by atoms with Gasteiger partial charge in [-0.2, -0.15) is 0 Å². The van der Waals surface area contributed by atoms with Crippen LogP contribution in [-0.2, 0) is 9.53 Å². The molecular weight excluding hydrogens is 374 g/mol. The maximum atomic E-state index is 12.2. The zero-order valence-electron chi connectivity index (χ0n) is 15.4.